The van der Waals surface area contributed by atoms with E-state index in [0.29, 0.717) is 4.90 Å². The van der Waals surface area contributed by atoms with Crippen LogP contribution in [0.2, 0.25) is 0 Å². The largest absolute Gasteiger partial charge is 0.368 e. The highest BCUT2D eigenvalue weighted by Crippen LogP contribution is 2.35. The molecule has 23 heavy (non-hydrogen) atoms. The van der Waals surface area contributed by atoms with Crippen molar-refractivity contribution in [2.75, 3.05) is 0 Å². The summed E-state index contributed by atoms with van der Waals surface area (Å²) in [5.41, 5.74) is 0.260. The Labute approximate surface area is 140 Å². The Bertz CT molecular complexity index is 631. The van der Waals surface area contributed by atoms with Crippen molar-refractivity contribution in [1.29, 1.82) is 0 Å². The lowest BCUT2D eigenvalue weighted by Gasteiger charge is -2.45. The van der Waals surface area contributed by atoms with Crippen LogP contribution in [-0.2, 0) is 14.8 Å². The molecule has 4 nitrogen and oxygen atoms in total. The van der Waals surface area contributed by atoms with Gasteiger partial charge in [-0.3, -0.25) is 0 Å². The van der Waals surface area contributed by atoms with Gasteiger partial charge >= 0.3 is 0 Å². The molecule has 130 valence electrons. The molecule has 0 aliphatic heterocycles. The lowest BCUT2D eigenvalue weighted by atomic mass is 9.81. The lowest BCUT2D eigenvalue weighted by molar-refractivity contribution is -0.149. The highest BCUT2D eigenvalue weighted by molar-refractivity contribution is 7.89. The first-order chi connectivity index (χ1) is 10.5. The molecule has 2 atom stereocenters. The van der Waals surface area contributed by atoms with Gasteiger partial charge in [0.05, 0.1) is 22.1 Å². The predicted octanol–water partition coefficient (Wildman–Crippen LogP) is 3.79. The van der Waals surface area contributed by atoms with Gasteiger partial charge in [0.1, 0.15) is 0 Å². The summed E-state index contributed by atoms with van der Waals surface area (Å²) in [6.45, 7) is 10.0. The Morgan fingerprint density at radius 1 is 1.17 bits per heavy atom. The van der Waals surface area contributed by atoms with Crippen LogP contribution in [0.5, 0.6) is 0 Å². The van der Waals surface area contributed by atoms with E-state index in [0.717, 1.165) is 31.2 Å². The van der Waals surface area contributed by atoms with Crippen molar-refractivity contribution in [2.24, 2.45) is 0 Å². The average molecular weight is 340 g/mol. The van der Waals surface area contributed by atoms with Crippen molar-refractivity contribution < 1.29 is 13.2 Å². The van der Waals surface area contributed by atoms with E-state index in [9.17, 15) is 8.42 Å². The number of aryl methyl sites for hydroxylation is 1. The van der Waals surface area contributed by atoms with Gasteiger partial charge in [-0.1, -0.05) is 30.5 Å². The standard InChI is InChI=1S/C18H29NO3S/c1-14-9-11-15(12-10-14)23(20,21)19-16-8-6-7-13-18(16,5)22-17(2,3)4/h9-12,16,19H,6-8,13H2,1-5H3/t16-,18-/m0/s1. The van der Waals surface area contributed by atoms with Crippen LogP contribution >= 0.6 is 0 Å². The molecule has 0 bridgehead atoms. The van der Waals surface area contributed by atoms with Gasteiger partial charge in [0.25, 0.3) is 0 Å². The molecule has 0 saturated heterocycles. The third kappa shape index (κ3) is 4.78. The summed E-state index contributed by atoms with van der Waals surface area (Å²) in [5.74, 6) is 0. The maximum absolute atomic E-state index is 12.7. The smallest absolute Gasteiger partial charge is 0.240 e. The second-order valence-electron chi connectivity index (χ2n) is 7.76. The topological polar surface area (TPSA) is 55.4 Å². The molecule has 5 heteroatoms. The quantitative estimate of drug-likeness (QED) is 0.908. The molecule has 0 aromatic heterocycles. The summed E-state index contributed by atoms with van der Waals surface area (Å²) < 4.78 is 34.5. The minimum Gasteiger partial charge on any atom is -0.368 e. The zero-order chi connectivity index (χ0) is 17.3. The molecule has 1 aliphatic carbocycles. The van der Waals surface area contributed by atoms with Gasteiger partial charge in [-0.05, 0) is 59.6 Å². The van der Waals surface area contributed by atoms with E-state index in [-0.39, 0.29) is 11.6 Å². The first-order valence-electron chi connectivity index (χ1n) is 8.31. The van der Waals surface area contributed by atoms with Crippen LogP contribution in [0.15, 0.2) is 29.2 Å². The van der Waals surface area contributed by atoms with Crippen LogP contribution in [0.4, 0.5) is 0 Å². The molecule has 0 radical (unpaired) electrons. The average Bonchev–Trinajstić information content (AvgIpc) is 2.40. The maximum atomic E-state index is 12.7. The van der Waals surface area contributed by atoms with Crippen molar-refractivity contribution in [3.05, 3.63) is 29.8 Å². The molecule has 1 aromatic rings. The number of hydrogen-bond acceptors (Lipinski definition) is 3. The fraction of sp³-hybridized carbons (Fsp3) is 0.667. The van der Waals surface area contributed by atoms with Crippen LogP contribution in [0.25, 0.3) is 0 Å². The van der Waals surface area contributed by atoms with Crippen LogP contribution in [0.1, 0.15) is 58.9 Å². The number of rotatable bonds is 4. The molecule has 1 N–H and O–H groups in total. The predicted molar refractivity (Wildman–Crippen MR) is 93.0 cm³/mol. The van der Waals surface area contributed by atoms with E-state index in [1.165, 1.54) is 0 Å². The zero-order valence-electron chi connectivity index (χ0n) is 14.8. The molecular weight excluding hydrogens is 310 g/mol. The second kappa shape index (κ2) is 6.54. The molecule has 1 saturated carbocycles. The lowest BCUT2D eigenvalue weighted by Crippen LogP contribution is -2.56. The molecule has 1 aromatic carbocycles. The Balaban J connectivity index is 2.23. The normalized spacial score (nSPS) is 26.2. The van der Waals surface area contributed by atoms with Crippen LogP contribution < -0.4 is 4.72 Å². The monoisotopic (exact) mass is 339 g/mol. The van der Waals surface area contributed by atoms with Gasteiger partial charge < -0.3 is 4.74 Å². The summed E-state index contributed by atoms with van der Waals surface area (Å²) in [4.78, 5) is 0.312. The minimum atomic E-state index is -3.53. The first kappa shape index (κ1) is 18.4. The fourth-order valence-corrected chi connectivity index (χ4v) is 4.65. The third-order valence-corrected chi connectivity index (χ3v) is 5.81. The highest BCUT2D eigenvalue weighted by Gasteiger charge is 2.42. The highest BCUT2D eigenvalue weighted by atomic mass is 32.2. The number of benzene rings is 1. The Morgan fingerprint density at radius 3 is 2.35 bits per heavy atom. The van der Waals surface area contributed by atoms with Gasteiger partial charge in [-0.15, -0.1) is 0 Å². The van der Waals surface area contributed by atoms with Gasteiger partial charge in [0.15, 0.2) is 0 Å². The van der Waals surface area contributed by atoms with Crippen LogP contribution in [-0.4, -0.2) is 25.7 Å². The molecule has 1 aliphatic rings. The molecule has 0 unspecified atom stereocenters. The molecule has 0 heterocycles. The van der Waals surface area contributed by atoms with Crippen LogP contribution in [0.3, 0.4) is 0 Å². The van der Waals surface area contributed by atoms with Gasteiger partial charge in [0.2, 0.25) is 10.0 Å². The van der Waals surface area contributed by atoms with Gasteiger partial charge in [-0.25, -0.2) is 13.1 Å². The van der Waals surface area contributed by atoms with E-state index in [4.69, 9.17) is 4.74 Å². The van der Waals surface area contributed by atoms with Crippen molar-refractivity contribution in [2.45, 2.75) is 82.4 Å². The minimum absolute atomic E-state index is 0.207. The van der Waals surface area contributed by atoms with E-state index >= 15 is 0 Å². The van der Waals surface area contributed by atoms with E-state index in [1.807, 2.05) is 46.8 Å². The molecule has 1 fully saturated rings. The third-order valence-electron chi connectivity index (χ3n) is 4.32. The Morgan fingerprint density at radius 2 is 1.78 bits per heavy atom. The molecular formula is C18H29NO3S. The van der Waals surface area contributed by atoms with Crippen molar-refractivity contribution >= 4 is 10.0 Å². The molecule has 2 rings (SSSR count). The summed E-state index contributed by atoms with van der Waals surface area (Å²) in [7, 11) is -3.53. The van der Waals surface area contributed by atoms with Crippen molar-refractivity contribution in [3.63, 3.8) is 0 Å². The number of sulfonamides is 1. The number of hydrogen-bond donors (Lipinski definition) is 1. The Kier molecular flexibility index (Phi) is 5.24. The maximum Gasteiger partial charge on any atom is 0.240 e. The van der Waals surface area contributed by atoms with Gasteiger partial charge in [-0.2, -0.15) is 0 Å². The van der Waals surface area contributed by atoms with E-state index in [1.54, 1.807) is 12.1 Å². The van der Waals surface area contributed by atoms with E-state index < -0.39 is 15.6 Å². The molecule has 0 spiro atoms. The number of nitrogens with one attached hydrogen (secondary N) is 1. The van der Waals surface area contributed by atoms with Gasteiger partial charge in [0, 0.05) is 0 Å². The summed E-state index contributed by atoms with van der Waals surface area (Å²) in [6, 6.07) is 6.74. The van der Waals surface area contributed by atoms with Crippen molar-refractivity contribution in [1.82, 2.24) is 4.72 Å². The summed E-state index contributed by atoms with van der Waals surface area (Å²) in [5, 5.41) is 0. The fourth-order valence-electron chi connectivity index (χ4n) is 3.28. The first-order valence-corrected chi connectivity index (χ1v) is 9.79. The van der Waals surface area contributed by atoms with Crippen LogP contribution in [0, 0.1) is 6.92 Å². The second-order valence-corrected chi connectivity index (χ2v) is 9.47. The SMILES string of the molecule is Cc1ccc(S(=O)(=O)N[C@H]2CCCC[C@]2(C)OC(C)(C)C)cc1. The summed E-state index contributed by atoms with van der Waals surface area (Å²) in [6.07, 6.45) is 3.75. The number of ether oxygens (including phenoxy) is 1. The summed E-state index contributed by atoms with van der Waals surface area (Å²) >= 11 is 0. The van der Waals surface area contributed by atoms with Crippen molar-refractivity contribution in [3.8, 4) is 0 Å². The zero-order valence-corrected chi connectivity index (χ0v) is 15.7. The molecule has 0 amide bonds. The van der Waals surface area contributed by atoms with E-state index in [2.05, 4.69) is 4.72 Å². The Hall–Kier alpha value is -0.910.